The Bertz CT molecular complexity index is 617. The molecule has 0 aliphatic carbocycles. The Morgan fingerprint density at radius 1 is 1.40 bits per heavy atom. The fourth-order valence-electron chi connectivity index (χ4n) is 2.46. The average molecular weight is 346 g/mol. The highest BCUT2D eigenvalue weighted by Gasteiger charge is 2.29. The van der Waals surface area contributed by atoms with Crippen molar-refractivity contribution in [2.75, 3.05) is 6.54 Å². The molecule has 7 heteroatoms. The van der Waals surface area contributed by atoms with E-state index in [1.165, 1.54) is 6.92 Å². The molecule has 1 amide bonds. The second kappa shape index (κ2) is 9.76. The number of nitrogens with two attached hydrogens (primary N) is 1. The number of rotatable bonds is 8. The molecule has 1 aliphatic heterocycles. The summed E-state index contributed by atoms with van der Waals surface area (Å²) < 4.78 is 0. The molecule has 25 heavy (non-hydrogen) atoms. The summed E-state index contributed by atoms with van der Waals surface area (Å²) in [7, 11) is 0. The molecule has 0 bridgehead atoms. The summed E-state index contributed by atoms with van der Waals surface area (Å²) in [4.78, 5) is 24.1. The summed E-state index contributed by atoms with van der Waals surface area (Å²) >= 11 is 0. The molecule has 1 aliphatic rings. The summed E-state index contributed by atoms with van der Waals surface area (Å²) in [6.45, 7) is 12.0. The van der Waals surface area contributed by atoms with Crippen LogP contribution in [0.3, 0.4) is 0 Å². The van der Waals surface area contributed by atoms with Gasteiger partial charge in [-0.1, -0.05) is 38.8 Å². The Hall–Kier alpha value is -2.44. The van der Waals surface area contributed by atoms with Crippen LogP contribution in [0.1, 0.15) is 53.4 Å². The van der Waals surface area contributed by atoms with Crippen LogP contribution < -0.4 is 16.4 Å². The van der Waals surface area contributed by atoms with Crippen molar-refractivity contribution >= 4 is 23.4 Å². The normalized spacial score (nSPS) is 18.7. The van der Waals surface area contributed by atoms with Crippen LogP contribution >= 0.6 is 0 Å². The number of nitrogens with one attached hydrogen (secondary N) is 2. The highest BCUT2D eigenvalue weighted by molar-refractivity contribution is 6.50. The lowest BCUT2D eigenvalue weighted by molar-refractivity contribution is -0.119. The lowest BCUT2D eigenvalue weighted by atomic mass is 9.93. The van der Waals surface area contributed by atoms with Crippen molar-refractivity contribution < 1.29 is 4.79 Å². The molecule has 4 N–H and O–H groups in total. The molecular weight excluding hydrogens is 316 g/mol. The lowest BCUT2D eigenvalue weighted by Gasteiger charge is -2.33. The largest absolute Gasteiger partial charge is 0.368 e. The third-order valence-corrected chi connectivity index (χ3v) is 3.81. The first-order valence-corrected chi connectivity index (χ1v) is 8.65. The molecule has 0 aromatic rings. The Morgan fingerprint density at radius 2 is 2.12 bits per heavy atom. The van der Waals surface area contributed by atoms with E-state index in [2.05, 4.69) is 46.0 Å². The van der Waals surface area contributed by atoms with Gasteiger partial charge in [-0.25, -0.2) is 4.99 Å². The van der Waals surface area contributed by atoms with E-state index < -0.39 is 0 Å². The van der Waals surface area contributed by atoms with E-state index >= 15 is 0 Å². The number of carbonyl (C=O) groups excluding carboxylic acids is 1. The smallest absolute Gasteiger partial charge is 0.222 e. The van der Waals surface area contributed by atoms with Crippen LogP contribution in [0.15, 0.2) is 39.5 Å². The molecule has 0 saturated carbocycles. The molecule has 0 aromatic carbocycles. The summed E-state index contributed by atoms with van der Waals surface area (Å²) in [5, 5.41) is 6.30. The minimum atomic E-state index is -0.381. The van der Waals surface area contributed by atoms with Crippen LogP contribution in [0, 0.1) is 0 Å². The van der Waals surface area contributed by atoms with Gasteiger partial charge in [0, 0.05) is 19.7 Å². The Morgan fingerprint density at radius 3 is 2.72 bits per heavy atom. The number of unbranched alkanes of at least 4 members (excludes halogenated alkanes) is 2. The fourth-order valence-corrected chi connectivity index (χ4v) is 2.46. The van der Waals surface area contributed by atoms with Gasteiger partial charge < -0.3 is 16.4 Å². The number of amides is 1. The lowest BCUT2D eigenvalue weighted by Crippen LogP contribution is -2.56. The quantitative estimate of drug-likeness (QED) is 0.587. The van der Waals surface area contributed by atoms with Crippen molar-refractivity contribution in [3.8, 4) is 0 Å². The minimum Gasteiger partial charge on any atom is -0.368 e. The van der Waals surface area contributed by atoms with E-state index in [0.29, 0.717) is 23.8 Å². The van der Waals surface area contributed by atoms with Crippen LogP contribution in [0.2, 0.25) is 0 Å². The first-order chi connectivity index (χ1) is 11.8. The number of aliphatic imine (C=N–C) groups is 3. The van der Waals surface area contributed by atoms with Gasteiger partial charge in [0.1, 0.15) is 5.71 Å². The van der Waals surface area contributed by atoms with Gasteiger partial charge in [-0.05, 0) is 20.3 Å². The first kappa shape index (κ1) is 20.6. The van der Waals surface area contributed by atoms with E-state index in [1.54, 1.807) is 6.20 Å². The maximum atomic E-state index is 11.4. The fraction of sp³-hybridized carbons (Fsp3) is 0.556. The van der Waals surface area contributed by atoms with E-state index in [1.807, 2.05) is 13.0 Å². The molecule has 1 atom stereocenters. The van der Waals surface area contributed by atoms with Crippen LogP contribution in [0.25, 0.3) is 0 Å². The topological polar surface area (TPSA) is 104 Å². The molecule has 0 spiro atoms. The summed E-state index contributed by atoms with van der Waals surface area (Å²) in [6.07, 6.45) is 7.65. The zero-order valence-electron chi connectivity index (χ0n) is 15.7. The van der Waals surface area contributed by atoms with Crippen LogP contribution in [0.4, 0.5) is 0 Å². The van der Waals surface area contributed by atoms with Gasteiger partial charge in [0.25, 0.3) is 0 Å². The van der Waals surface area contributed by atoms with Crippen molar-refractivity contribution in [1.82, 2.24) is 10.6 Å². The van der Waals surface area contributed by atoms with Crippen LogP contribution in [0.5, 0.6) is 0 Å². The van der Waals surface area contributed by atoms with Crippen molar-refractivity contribution in [3.63, 3.8) is 0 Å². The minimum absolute atomic E-state index is 0.0672. The third kappa shape index (κ3) is 6.91. The number of hydrogen-bond donors (Lipinski definition) is 3. The SMILES string of the molecule is C=C1N=C(N)N=C(NC(C)(CCCCC)CNC(C)=O)/C1=N/C=C\C. The third-order valence-electron chi connectivity index (χ3n) is 3.81. The van der Waals surface area contributed by atoms with Crippen molar-refractivity contribution in [2.24, 2.45) is 20.7 Å². The molecule has 1 rings (SSSR count). The highest BCUT2D eigenvalue weighted by Crippen LogP contribution is 2.16. The average Bonchev–Trinajstić information content (AvgIpc) is 2.52. The maximum Gasteiger partial charge on any atom is 0.222 e. The van der Waals surface area contributed by atoms with Gasteiger partial charge >= 0.3 is 0 Å². The number of nitrogens with zero attached hydrogens (tertiary/aromatic N) is 3. The van der Waals surface area contributed by atoms with Gasteiger partial charge in [0.15, 0.2) is 5.84 Å². The Kier molecular flexibility index (Phi) is 8.04. The molecule has 0 radical (unpaired) electrons. The van der Waals surface area contributed by atoms with Gasteiger partial charge in [-0.2, -0.15) is 4.99 Å². The Balaban J connectivity index is 3.06. The molecule has 1 unspecified atom stereocenters. The zero-order chi connectivity index (χ0) is 18.9. The second-order valence-electron chi connectivity index (χ2n) is 6.39. The van der Waals surface area contributed by atoms with Crippen LogP contribution in [-0.4, -0.2) is 35.5 Å². The van der Waals surface area contributed by atoms with E-state index in [0.717, 1.165) is 25.7 Å². The summed E-state index contributed by atoms with van der Waals surface area (Å²) in [5.74, 6) is 0.602. The van der Waals surface area contributed by atoms with Gasteiger partial charge in [0.2, 0.25) is 11.9 Å². The molecule has 7 nitrogen and oxygen atoms in total. The Labute approximate surface area is 150 Å². The summed E-state index contributed by atoms with van der Waals surface area (Å²) in [6, 6.07) is 0. The van der Waals surface area contributed by atoms with Crippen molar-refractivity contribution in [1.29, 1.82) is 0 Å². The molecular formula is C18H30N6O. The maximum absolute atomic E-state index is 11.4. The molecule has 0 aromatic heterocycles. The van der Waals surface area contributed by atoms with Crippen molar-refractivity contribution in [2.45, 2.75) is 58.9 Å². The number of guanidine groups is 1. The molecule has 1 heterocycles. The highest BCUT2D eigenvalue weighted by atomic mass is 16.1. The molecule has 0 fully saturated rings. The number of amidine groups is 1. The molecule has 0 saturated heterocycles. The van der Waals surface area contributed by atoms with Gasteiger partial charge in [-0.15, -0.1) is 0 Å². The summed E-state index contributed by atoms with van der Waals surface area (Å²) in [5.41, 5.74) is 6.42. The predicted octanol–water partition coefficient (Wildman–Crippen LogP) is 2.27. The first-order valence-electron chi connectivity index (χ1n) is 8.65. The second-order valence-corrected chi connectivity index (χ2v) is 6.39. The number of carbonyl (C=O) groups is 1. The van der Waals surface area contributed by atoms with Crippen molar-refractivity contribution in [3.05, 3.63) is 24.6 Å². The zero-order valence-corrected chi connectivity index (χ0v) is 15.7. The van der Waals surface area contributed by atoms with E-state index in [9.17, 15) is 4.79 Å². The van der Waals surface area contributed by atoms with E-state index in [-0.39, 0.29) is 17.4 Å². The number of hydrogen-bond acceptors (Lipinski definition) is 6. The van der Waals surface area contributed by atoms with Gasteiger partial charge in [0.05, 0.1) is 11.2 Å². The predicted molar refractivity (Wildman–Crippen MR) is 105 cm³/mol. The van der Waals surface area contributed by atoms with E-state index in [4.69, 9.17) is 5.73 Å². The standard InChI is InChI=1S/C18H30N6O/c1-6-8-9-10-18(5,12-21-14(4)25)24-16-15(20-11-7-2)13(3)22-17(19)23-16/h7,11H,3,6,8-10,12H2,1-2,4-5H3,(H,21,25)(H3,19,22,23,24)/b11-7-,20-15+. The van der Waals surface area contributed by atoms with Gasteiger partial charge in [-0.3, -0.25) is 9.79 Å². The van der Waals surface area contributed by atoms with Crippen LogP contribution in [-0.2, 0) is 4.79 Å². The molecule has 138 valence electrons. The monoisotopic (exact) mass is 346 g/mol. The number of allylic oxidation sites excluding steroid dienone is 1.